The van der Waals surface area contributed by atoms with Crippen molar-refractivity contribution in [1.29, 1.82) is 0 Å². The predicted octanol–water partition coefficient (Wildman–Crippen LogP) is 4.56. The Kier molecular flexibility index (Phi) is 7.31. The van der Waals surface area contributed by atoms with Gasteiger partial charge in [-0.15, -0.1) is 0 Å². The number of benzene rings is 1. The highest BCUT2D eigenvalue weighted by atomic mass is 79.9. The van der Waals surface area contributed by atoms with Gasteiger partial charge < -0.3 is 0 Å². The molecule has 1 atom stereocenters. The Morgan fingerprint density at radius 1 is 1.39 bits per heavy atom. The summed E-state index contributed by atoms with van der Waals surface area (Å²) in [5.41, 5.74) is 4.99. The van der Waals surface area contributed by atoms with Crippen LogP contribution in [0.15, 0.2) is 46.5 Å². The maximum atomic E-state index is 4.04. The van der Waals surface area contributed by atoms with Crippen molar-refractivity contribution in [3.63, 3.8) is 0 Å². The van der Waals surface area contributed by atoms with E-state index in [2.05, 4.69) is 75.6 Å². The van der Waals surface area contributed by atoms with Crippen LogP contribution in [0.5, 0.6) is 0 Å². The van der Waals surface area contributed by atoms with Crippen LogP contribution in [-0.4, -0.2) is 19.4 Å². The van der Waals surface area contributed by atoms with Crippen molar-refractivity contribution < 1.29 is 0 Å². The van der Waals surface area contributed by atoms with Crippen LogP contribution in [0.3, 0.4) is 0 Å². The third-order valence-corrected chi connectivity index (χ3v) is 4.99. The first-order valence-corrected chi connectivity index (χ1v) is 9.32. The predicted molar refractivity (Wildman–Crippen MR) is 103 cm³/mol. The summed E-state index contributed by atoms with van der Waals surface area (Å²) in [7, 11) is 0. The van der Waals surface area contributed by atoms with E-state index >= 15 is 0 Å². The molecule has 0 saturated heterocycles. The largest absolute Gasteiger partial charge is 0.299 e. The minimum atomic E-state index is 0.480. The average Bonchev–Trinajstić information content (AvgIpc) is 3.35. The Bertz CT molecular complexity index is 509. The molecule has 4 heteroatoms. The third-order valence-electron chi connectivity index (χ3n) is 4.78. The molecule has 0 aromatic heterocycles. The van der Waals surface area contributed by atoms with E-state index in [1.165, 1.54) is 37.7 Å². The number of halogens is 1. The van der Waals surface area contributed by atoms with Gasteiger partial charge in [0.15, 0.2) is 0 Å². The molecule has 2 rings (SSSR count). The van der Waals surface area contributed by atoms with Crippen molar-refractivity contribution in [1.82, 2.24) is 10.7 Å². The van der Waals surface area contributed by atoms with E-state index in [0.29, 0.717) is 12.1 Å². The van der Waals surface area contributed by atoms with Crippen LogP contribution in [-0.2, 0) is 5.41 Å². The van der Waals surface area contributed by atoms with Gasteiger partial charge in [-0.3, -0.25) is 10.7 Å². The average molecular weight is 378 g/mol. The first-order chi connectivity index (χ1) is 11.2. The molecule has 1 fully saturated rings. The van der Waals surface area contributed by atoms with Crippen LogP contribution >= 0.6 is 15.9 Å². The summed E-state index contributed by atoms with van der Waals surface area (Å²) in [4.78, 5) is 0. The van der Waals surface area contributed by atoms with Crippen LogP contribution in [0.2, 0.25) is 0 Å². The molecule has 0 radical (unpaired) electrons. The van der Waals surface area contributed by atoms with Gasteiger partial charge in [-0.1, -0.05) is 50.3 Å². The normalized spacial score (nSPS) is 17.1. The number of hydrogen-bond acceptors (Lipinski definition) is 3. The maximum absolute atomic E-state index is 4.04. The van der Waals surface area contributed by atoms with Crippen molar-refractivity contribution in [3.05, 3.63) is 47.0 Å². The monoisotopic (exact) mass is 377 g/mol. The van der Waals surface area contributed by atoms with E-state index in [4.69, 9.17) is 0 Å². The second kappa shape index (κ2) is 9.24. The topological polar surface area (TPSA) is 36.4 Å². The number of nitrogens with zero attached hydrogens (tertiary/aromatic N) is 1. The van der Waals surface area contributed by atoms with E-state index < -0.39 is 0 Å². The summed E-state index contributed by atoms with van der Waals surface area (Å²) in [6, 6.07) is 11.0. The summed E-state index contributed by atoms with van der Waals surface area (Å²) in [6.07, 6.45) is 8.20. The fourth-order valence-electron chi connectivity index (χ4n) is 3.05. The van der Waals surface area contributed by atoms with Gasteiger partial charge in [0.2, 0.25) is 0 Å². The number of nitrogens with one attached hydrogen (secondary N) is 2. The SMILES string of the molecule is C=C(Br)/C=N\NCNCC(CC)CCC1(c2ccccc2)CC1. The number of rotatable bonds is 11. The zero-order valence-electron chi connectivity index (χ0n) is 14.0. The lowest BCUT2D eigenvalue weighted by molar-refractivity contribution is 0.392. The van der Waals surface area contributed by atoms with E-state index in [1.54, 1.807) is 6.21 Å². The number of hydrazone groups is 1. The highest BCUT2D eigenvalue weighted by Crippen LogP contribution is 2.52. The molecule has 1 saturated carbocycles. The molecule has 1 aromatic rings. The molecule has 0 aliphatic heterocycles. The Hall–Kier alpha value is -1.13. The summed E-state index contributed by atoms with van der Waals surface area (Å²) >= 11 is 3.24. The van der Waals surface area contributed by atoms with Crippen molar-refractivity contribution in [2.45, 2.75) is 44.4 Å². The second-order valence-corrected chi connectivity index (χ2v) is 7.47. The lowest BCUT2D eigenvalue weighted by Crippen LogP contribution is -2.30. The summed E-state index contributed by atoms with van der Waals surface area (Å²) in [5, 5.41) is 7.48. The first kappa shape index (κ1) is 18.2. The Morgan fingerprint density at radius 3 is 2.74 bits per heavy atom. The Labute approximate surface area is 148 Å². The fourth-order valence-corrected chi connectivity index (χ4v) is 3.15. The summed E-state index contributed by atoms with van der Waals surface area (Å²) in [5.74, 6) is 0.730. The van der Waals surface area contributed by atoms with Gasteiger partial charge in [0, 0.05) is 4.48 Å². The van der Waals surface area contributed by atoms with Gasteiger partial charge in [0.25, 0.3) is 0 Å². The van der Waals surface area contributed by atoms with Crippen molar-refractivity contribution in [2.24, 2.45) is 11.0 Å². The van der Waals surface area contributed by atoms with Crippen LogP contribution < -0.4 is 10.7 Å². The highest BCUT2D eigenvalue weighted by molar-refractivity contribution is 9.12. The molecule has 1 unspecified atom stereocenters. The van der Waals surface area contributed by atoms with Gasteiger partial charge in [0.05, 0.1) is 12.9 Å². The van der Waals surface area contributed by atoms with Gasteiger partial charge in [-0.25, -0.2) is 0 Å². The smallest absolute Gasteiger partial charge is 0.0823 e. The van der Waals surface area contributed by atoms with E-state index in [-0.39, 0.29) is 0 Å². The molecule has 1 aromatic carbocycles. The summed E-state index contributed by atoms with van der Waals surface area (Å²) in [6.45, 7) is 7.72. The number of allylic oxidation sites excluding steroid dienone is 1. The Morgan fingerprint density at radius 2 is 2.13 bits per heavy atom. The molecule has 1 aliphatic carbocycles. The number of hydrogen-bond donors (Lipinski definition) is 2. The van der Waals surface area contributed by atoms with Crippen LogP contribution in [0, 0.1) is 5.92 Å². The lowest BCUT2D eigenvalue weighted by Gasteiger charge is -2.21. The van der Waals surface area contributed by atoms with Crippen molar-refractivity contribution in [2.75, 3.05) is 13.2 Å². The second-order valence-electron chi connectivity index (χ2n) is 6.45. The minimum Gasteiger partial charge on any atom is -0.299 e. The van der Waals surface area contributed by atoms with Crippen molar-refractivity contribution in [3.8, 4) is 0 Å². The minimum absolute atomic E-state index is 0.480. The Balaban J connectivity index is 1.68. The van der Waals surface area contributed by atoms with Gasteiger partial charge in [-0.05, 0) is 65.1 Å². The molecule has 126 valence electrons. The van der Waals surface area contributed by atoms with Gasteiger partial charge >= 0.3 is 0 Å². The lowest BCUT2D eigenvalue weighted by atomic mass is 9.87. The quantitative estimate of drug-likeness (QED) is 0.256. The molecular formula is C19H28BrN3. The zero-order chi connectivity index (χ0) is 16.5. The van der Waals surface area contributed by atoms with Crippen molar-refractivity contribution >= 4 is 22.1 Å². The molecule has 0 spiro atoms. The van der Waals surface area contributed by atoms with E-state index in [1.807, 2.05) is 0 Å². The highest BCUT2D eigenvalue weighted by Gasteiger charge is 2.43. The third kappa shape index (κ3) is 6.11. The molecule has 0 bridgehead atoms. The van der Waals surface area contributed by atoms with E-state index in [0.717, 1.165) is 16.9 Å². The summed E-state index contributed by atoms with van der Waals surface area (Å²) < 4.78 is 0.770. The van der Waals surface area contributed by atoms with Gasteiger partial charge in [-0.2, -0.15) is 5.10 Å². The molecule has 0 amide bonds. The van der Waals surface area contributed by atoms with E-state index in [9.17, 15) is 0 Å². The maximum Gasteiger partial charge on any atom is 0.0823 e. The molecule has 2 N–H and O–H groups in total. The van der Waals surface area contributed by atoms with Gasteiger partial charge in [0.1, 0.15) is 0 Å². The standard InChI is InChI=1S/C19H28BrN3/c1-3-17(14-21-15-23-22-13-16(2)20)9-10-19(11-12-19)18-7-5-4-6-8-18/h4-8,13,17,21,23H,2-3,9-12,14-15H2,1H3/b22-13-. The first-order valence-electron chi connectivity index (χ1n) is 8.53. The molecule has 3 nitrogen and oxygen atoms in total. The molecular weight excluding hydrogens is 350 g/mol. The fraction of sp³-hybridized carbons (Fsp3) is 0.526. The molecule has 23 heavy (non-hydrogen) atoms. The van der Waals surface area contributed by atoms with Crippen LogP contribution in [0.25, 0.3) is 0 Å². The van der Waals surface area contributed by atoms with Crippen LogP contribution in [0.1, 0.15) is 44.6 Å². The molecule has 0 heterocycles. The molecule has 1 aliphatic rings. The van der Waals surface area contributed by atoms with Crippen LogP contribution in [0.4, 0.5) is 0 Å². The zero-order valence-corrected chi connectivity index (χ0v) is 15.6.